The molecule has 0 amide bonds. The molecule has 0 bridgehead atoms. The quantitative estimate of drug-likeness (QED) is 0.832. The maximum absolute atomic E-state index is 13.1. The Morgan fingerprint density at radius 3 is 2.94 bits per heavy atom. The highest BCUT2D eigenvalue weighted by atomic mass is 19.1. The lowest BCUT2D eigenvalue weighted by molar-refractivity contribution is -0.0300. The first-order valence-corrected chi connectivity index (χ1v) is 5.75. The molecule has 88 valence electrons. The molecule has 0 saturated carbocycles. The Kier molecular flexibility index (Phi) is 3.26. The average molecular weight is 223 g/mol. The summed E-state index contributed by atoms with van der Waals surface area (Å²) >= 11 is 0. The van der Waals surface area contributed by atoms with Crippen molar-refractivity contribution >= 4 is 0 Å². The van der Waals surface area contributed by atoms with Gasteiger partial charge < -0.3 is 10.1 Å². The number of nitrogens with one attached hydrogen (secondary N) is 1. The van der Waals surface area contributed by atoms with Gasteiger partial charge in [-0.3, -0.25) is 0 Å². The summed E-state index contributed by atoms with van der Waals surface area (Å²) < 4.78 is 18.9. The molecule has 2 nitrogen and oxygen atoms in total. The second-order valence-corrected chi connectivity index (χ2v) is 4.65. The summed E-state index contributed by atoms with van der Waals surface area (Å²) in [5.74, 6) is -0.204. The summed E-state index contributed by atoms with van der Waals surface area (Å²) in [6, 6.07) is 6.63. The second-order valence-electron chi connectivity index (χ2n) is 4.65. The van der Waals surface area contributed by atoms with Gasteiger partial charge in [0.1, 0.15) is 5.82 Å². The van der Waals surface area contributed by atoms with E-state index in [1.807, 2.05) is 6.07 Å². The fourth-order valence-electron chi connectivity index (χ4n) is 1.88. The molecule has 1 heterocycles. The van der Waals surface area contributed by atoms with E-state index < -0.39 is 0 Å². The van der Waals surface area contributed by atoms with Crippen LogP contribution in [0.3, 0.4) is 0 Å². The van der Waals surface area contributed by atoms with E-state index >= 15 is 0 Å². The number of hydrogen-bond acceptors (Lipinski definition) is 2. The first-order chi connectivity index (χ1) is 7.63. The fraction of sp³-hybridized carbons (Fsp3) is 0.538. The predicted octanol–water partition coefficient (Wildman–Crippen LogP) is 2.66. The molecule has 1 aromatic rings. The van der Waals surface area contributed by atoms with Gasteiger partial charge in [0.05, 0.1) is 12.7 Å². The van der Waals surface area contributed by atoms with Crippen LogP contribution < -0.4 is 5.32 Å². The van der Waals surface area contributed by atoms with Crippen molar-refractivity contribution in [2.24, 2.45) is 0 Å². The SMILES string of the molecule is CCC1(C)COC(c2cccc(F)c2)CN1. The molecule has 1 N–H and O–H groups in total. The molecule has 1 fully saturated rings. The summed E-state index contributed by atoms with van der Waals surface area (Å²) in [5.41, 5.74) is 0.967. The maximum Gasteiger partial charge on any atom is 0.123 e. The van der Waals surface area contributed by atoms with E-state index in [1.165, 1.54) is 6.07 Å². The minimum atomic E-state index is -0.204. The van der Waals surface area contributed by atoms with Gasteiger partial charge in [0.25, 0.3) is 0 Å². The van der Waals surface area contributed by atoms with Crippen molar-refractivity contribution in [3.63, 3.8) is 0 Å². The normalized spacial score (nSPS) is 30.3. The van der Waals surface area contributed by atoms with Crippen molar-refractivity contribution in [3.8, 4) is 0 Å². The highest BCUT2D eigenvalue weighted by Crippen LogP contribution is 2.25. The summed E-state index contributed by atoms with van der Waals surface area (Å²) in [7, 11) is 0. The van der Waals surface area contributed by atoms with Gasteiger partial charge in [-0.2, -0.15) is 0 Å². The van der Waals surface area contributed by atoms with E-state index in [9.17, 15) is 4.39 Å². The van der Waals surface area contributed by atoms with Crippen LogP contribution in [0.2, 0.25) is 0 Å². The van der Waals surface area contributed by atoms with Crippen molar-refractivity contribution < 1.29 is 9.13 Å². The van der Waals surface area contributed by atoms with Crippen molar-refractivity contribution in [3.05, 3.63) is 35.6 Å². The van der Waals surface area contributed by atoms with Crippen LogP contribution in [0, 0.1) is 5.82 Å². The summed E-state index contributed by atoms with van der Waals surface area (Å²) in [4.78, 5) is 0. The number of morpholine rings is 1. The van der Waals surface area contributed by atoms with E-state index in [4.69, 9.17) is 4.74 Å². The average Bonchev–Trinajstić information content (AvgIpc) is 2.30. The van der Waals surface area contributed by atoms with Crippen molar-refractivity contribution in [2.45, 2.75) is 31.9 Å². The van der Waals surface area contributed by atoms with Crippen LogP contribution in [0.4, 0.5) is 4.39 Å². The number of benzene rings is 1. The Hall–Kier alpha value is -0.930. The van der Waals surface area contributed by atoms with Gasteiger partial charge in [-0.05, 0) is 31.0 Å². The van der Waals surface area contributed by atoms with E-state index in [0.29, 0.717) is 6.61 Å². The van der Waals surface area contributed by atoms with Gasteiger partial charge >= 0.3 is 0 Å². The number of ether oxygens (including phenoxy) is 1. The number of hydrogen-bond donors (Lipinski definition) is 1. The molecule has 2 atom stereocenters. The summed E-state index contributed by atoms with van der Waals surface area (Å²) in [5, 5.41) is 3.47. The number of halogens is 1. The Labute approximate surface area is 95.8 Å². The van der Waals surface area contributed by atoms with Gasteiger partial charge in [0.2, 0.25) is 0 Å². The molecule has 2 unspecified atom stereocenters. The molecule has 1 aliphatic heterocycles. The van der Waals surface area contributed by atoms with Crippen LogP contribution in [-0.4, -0.2) is 18.7 Å². The standard InChI is InChI=1S/C13H18FNO/c1-3-13(2)9-16-12(8-15-13)10-5-4-6-11(14)7-10/h4-7,12,15H,3,8-9H2,1-2H3. The zero-order valence-electron chi connectivity index (χ0n) is 9.79. The van der Waals surface area contributed by atoms with Gasteiger partial charge in [0.15, 0.2) is 0 Å². The molecule has 0 radical (unpaired) electrons. The predicted molar refractivity (Wildman–Crippen MR) is 61.8 cm³/mol. The van der Waals surface area contributed by atoms with Crippen LogP contribution in [-0.2, 0) is 4.74 Å². The van der Waals surface area contributed by atoms with Gasteiger partial charge in [0, 0.05) is 12.1 Å². The van der Waals surface area contributed by atoms with Crippen molar-refractivity contribution in [2.75, 3.05) is 13.2 Å². The fourth-order valence-corrected chi connectivity index (χ4v) is 1.88. The highest BCUT2D eigenvalue weighted by molar-refractivity contribution is 5.20. The van der Waals surface area contributed by atoms with E-state index in [-0.39, 0.29) is 17.5 Å². The Bertz CT molecular complexity index is 359. The van der Waals surface area contributed by atoms with Crippen molar-refractivity contribution in [1.82, 2.24) is 5.32 Å². The Morgan fingerprint density at radius 1 is 1.56 bits per heavy atom. The van der Waals surface area contributed by atoms with Crippen molar-refractivity contribution in [1.29, 1.82) is 0 Å². The second kappa shape index (κ2) is 4.52. The van der Waals surface area contributed by atoms with E-state index in [0.717, 1.165) is 18.5 Å². The molecular formula is C13H18FNO. The maximum atomic E-state index is 13.1. The molecular weight excluding hydrogens is 205 g/mol. The third kappa shape index (κ3) is 2.42. The molecule has 2 rings (SSSR count). The zero-order valence-corrected chi connectivity index (χ0v) is 9.79. The molecule has 0 aliphatic carbocycles. The van der Waals surface area contributed by atoms with Crippen LogP contribution in [0.1, 0.15) is 31.9 Å². The molecule has 16 heavy (non-hydrogen) atoms. The minimum Gasteiger partial charge on any atom is -0.370 e. The van der Waals surface area contributed by atoms with Crippen LogP contribution in [0.15, 0.2) is 24.3 Å². The summed E-state index contributed by atoms with van der Waals surface area (Å²) in [6.07, 6.45) is 0.999. The van der Waals surface area contributed by atoms with E-state index in [1.54, 1.807) is 12.1 Å². The van der Waals surface area contributed by atoms with Gasteiger partial charge in [-0.1, -0.05) is 19.1 Å². The summed E-state index contributed by atoms with van der Waals surface area (Å²) in [6.45, 7) is 5.70. The molecule has 0 aromatic heterocycles. The zero-order chi connectivity index (χ0) is 11.6. The Morgan fingerprint density at radius 2 is 2.38 bits per heavy atom. The highest BCUT2D eigenvalue weighted by Gasteiger charge is 2.30. The Balaban J connectivity index is 2.04. The monoisotopic (exact) mass is 223 g/mol. The first kappa shape index (κ1) is 11.6. The van der Waals surface area contributed by atoms with E-state index in [2.05, 4.69) is 19.2 Å². The third-order valence-corrected chi connectivity index (χ3v) is 3.32. The van der Waals surface area contributed by atoms with Crippen LogP contribution >= 0.6 is 0 Å². The molecule has 1 aromatic carbocycles. The van der Waals surface area contributed by atoms with Crippen LogP contribution in [0.25, 0.3) is 0 Å². The first-order valence-electron chi connectivity index (χ1n) is 5.75. The number of rotatable bonds is 2. The van der Waals surface area contributed by atoms with Gasteiger partial charge in [-0.15, -0.1) is 0 Å². The smallest absolute Gasteiger partial charge is 0.123 e. The third-order valence-electron chi connectivity index (χ3n) is 3.32. The lowest BCUT2D eigenvalue weighted by Crippen LogP contribution is -2.52. The molecule has 1 saturated heterocycles. The largest absolute Gasteiger partial charge is 0.370 e. The van der Waals surface area contributed by atoms with Crippen LogP contribution in [0.5, 0.6) is 0 Å². The van der Waals surface area contributed by atoms with Gasteiger partial charge in [-0.25, -0.2) is 4.39 Å². The topological polar surface area (TPSA) is 21.3 Å². The lowest BCUT2D eigenvalue weighted by atomic mass is 9.96. The molecule has 3 heteroatoms. The minimum absolute atomic E-state index is 0.0321. The lowest BCUT2D eigenvalue weighted by Gasteiger charge is -2.38. The molecule has 1 aliphatic rings. The molecule has 0 spiro atoms.